The van der Waals surface area contributed by atoms with E-state index in [1.807, 2.05) is 41.3 Å². The van der Waals surface area contributed by atoms with E-state index in [0.29, 0.717) is 30.9 Å². The predicted molar refractivity (Wildman–Crippen MR) is 77.7 cm³/mol. The van der Waals surface area contributed by atoms with Crippen LogP contribution in [0.5, 0.6) is 0 Å². The maximum Gasteiger partial charge on any atom is 0.147 e. The Hall–Kier alpha value is -2.38. The fourth-order valence-electron chi connectivity index (χ4n) is 2.08. The van der Waals surface area contributed by atoms with Crippen molar-refractivity contribution < 1.29 is 4.39 Å². The summed E-state index contributed by atoms with van der Waals surface area (Å²) < 4.78 is 14.1. The lowest BCUT2D eigenvalue weighted by atomic mass is 10.1. The Labute approximate surface area is 118 Å². The van der Waals surface area contributed by atoms with Crippen LogP contribution in [0.1, 0.15) is 11.1 Å². The van der Waals surface area contributed by atoms with Gasteiger partial charge in [-0.25, -0.2) is 4.39 Å². The zero-order valence-electron chi connectivity index (χ0n) is 11.1. The molecule has 0 unspecified atom stereocenters. The molecule has 4 heteroatoms. The molecular weight excluding hydrogens is 253 g/mol. The molecule has 0 heterocycles. The molecule has 0 aliphatic heterocycles. The Morgan fingerprint density at radius 3 is 2.50 bits per heavy atom. The second kappa shape index (κ2) is 6.69. The van der Waals surface area contributed by atoms with Crippen LogP contribution in [0.4, 0.5) is 10.1 Å². The summed E-state index contributed by atoms with van der Waals surface area (Å²) in [6, 6.07) is 16.3. The van der Waals surface area contributed by atoms with Gasteiger partial charge in [-0.2, -0.15) is 5.26 Å². The summed E-state index contributed by atoms with van der Waals surface area (Å²) in [7, 11) is 0. The molecule has 0 saturated heterocycles. The second-order valence-corrected chi connectivity index (χ2v) is 4.47. The Morgan fingerprint density at radius 2 is 1.90 bits per heavy atom. The van der Waals surface area contributed by atoms with Gasteiger partial charge in [0.15, 0.2) is 0 Å². The predicted octanol–water partition coefficient (Wildman–Crippen LogP) is 2.66. The van der Waals surface area contributed by atoms with Crippen LogP contribution in [0, 0.1) is 17.1 Å². The zero-order chi connectivity index (χ0) is 14.4. The molecule has 102 valence electrons. The average molecular weight is 269 g/mol. The van der Waals surface area contributed by atoms with Crippen molar-refractivity contribution in [1.29, 1.82) is 5.26 Å². The molecule has 0 saturated carbocycles. The third kappa shape index (κ3) is 3.34. The third-order valence-corrected chi connectivity index (χ3v) is 3.03. The Kier molecular flexibility index (Phi) is 4.70. The van der Waals surface area contributed by atoms with Crippen molar-refractivity contribution in [2.24, 2.45) is 5.73 Å². The van der Waals surface area contributed by atoms with E-state index < -0.39 is 5.82 Å². The first kappa shape index (κ1) is 14.0. The van der Waals surface area contributed by atoms with Gasteiger partial charge in [0, 0.05) is 19.6 Å². The Bertz CT molecular complexity index is 605. The number of hydrogen-bond acceptors (Lipinski definition) is 3. The van der Waals surface area contributed by atoms with Gasteiger partial charge in [-0.1, -0.05) is 30.3 Å². The highest BCUT2D eigenvalue weighted by atomic mass is 19.1. The van der Waals surface area contributed by atoms with E-state index in [1.165, 1.54) is 6.07 Å². The average Bonchev–Trinajstić information content (AvgIpc) is 2.48. The highest BCUT2D eigenvalue weighted by Gasteiger charge is 2.12. The van der Waals surface area contributed by atoms with Gasteiger partial charge < -0.3 is 10.6 Å². The minimum atomic E-state index is -0.395. The van der Waals surface area contributed by atoms with E-state index in [-0.39, 0.29) is 0 Å². The minimum absolute atomic E-state index is 0.318. The summed E-state index contributed by atoms with van der Waals surface area (Å²) >= 11 is 0. The number of nitriles is 1. The first-order chi connectivity index (χ1) is 9.74. The molecule has 2 aromatic carbocycles. The summed E-state index contributed by atoms with van der Waals surface area (Å²) in [5, 5.41) is 8.78. The molecular formula is C16H16FN3. The molecule has 0 amide bonds. The number of hydrogen-bond donors (Lipinski definition) is 1. The standard InChI is InChI=1S/C16H16FN3/c17-15-10-14(11-19)6-7-16(15)20(9-8-18)12-13-4-2-1-3-5-13/h1-7,10H,8-9,12,18H2. The largest absolute Gasteiger partial charge is 0.364 e. The van der Waals surface area contributed by atoms with Crippen molar-refractivity contribution in [2.75, 3.05) is 18.0 Å². The van der Waals surface area contributed by atoms with Gasteiger partial charge in [0.05, 0.1) is 17.3 Å². The van der Waals surface area contributed by atoms with Crippen molar-refractivity contribution in [1.82, 2.24) is 0 Å². The zero-order valence-corrected chi connectivity index (χ0v) is 11.1. The van der Waals surface area contributed by atoms with Crippen molar-refractivity contribution in [3.05, 3.63) is 65.5 Å². The summed E-state index contributed by atoms with van der Waals surface area (Å²) in [4.78, 5) is 1.88. The number of halogens is 1. The lowest BCUT2D eigenvalue weighted by Crippen LogP contribution is -2.29. The molecule has 2 aromatic rings. The second-order valence-electron chi connectivity index (χ2n) is 4.47. The fraction of sp³-hybridized carbons (Fsp3) is 0.188. The van der Waals surface area contributed by atoms with E-state index in [4.69, 9.17) is 11.0 Å². The fourth-order valence-corrected chi connectivity index (χ4v) is 2.08. The number of benzene rings is 2. The monoisotopic (exact) mass is 269 g/mol. The normalized spacial score (nSPS) is 10.1. The van der Waals surface area contributed by atoms with E-state index in [2.05, 4.69) is 0 Å². The van der Waals surface area contributed by atoms with Gasteiger partial charge in [0.25, 0.3) is 0 Å². The lowest BCUT2D eigenvalue weighted by molar-refractivity contribution is 0.615. The van der Waals surface area contributed by atoms with Crippen molar-refractivity contribution in [2.45, 2.75) is 6.54 Å². The van der Waals surface area contributed by atoms with Crippen LogP contribution in [0.25, 0.3) is 0 Å². The van der Waals surface area contributed by atoms with Crippen molar-refractivity contribution >= 4 is 5.69 Å². The summed E-state index contributed by atoms with van der Waals surface area (Å²) in [6.07, 6.45) is 0. The molecule has 0 spiro atoms. The smallest absolute Gasteiger partial charge is 0.147 e. The van der Waals surface area contributed by atoms with Gasteiger partial charge in [0.1, 0.15) is 5.82 Å². The van der Waals surface area contributed by atoms with Gasteiger partial charge >= 0.3 is 0 Å². The summed E-state index contributed by atoms with van der Waals surface area (Å²) in [5.41, 5.74) is 7.49. The molecule has 0 aliphatic rings. The van der Waals surface area contributed by atoms with Gasteiger partial charge in [-0.3, -0.25) is 0 Å². The van der Waals surface area contributed by atoms with E-state index >= 15 is 0 Å². The van der Waals surface area contributed by atoms with Crippen molar-refractivity contribution in [3.63, 3.8) is 0 Å². The lowest BCUT2D eigenvalue weighted by Gasteiger charge is -2.25. The molecule has 0 aromatic heterocycles. The van der Waals surface area contributed by atoms with E-state index in [9.17, 15) is 4.39 Å². The maximum absolute atomic E-state index is 14.1. The third-order valence-electron chi connectivity index (χ3n) is 3.03. The molecule has 0 radical (unpaired) electrons. The van der Waals surface area contributed by atoms with Gasteiger partial charge in [-0.15, -0.1) is 0 Å². The molecule has 0 bridgehead atoms. The molecule has 3 nitrogen and oxygen atoms in total. The topological polar surface area (TPSA) is 53.0 Å². The number of rotatable bonds is 5. The molecule has 2 N–H and O–H groups in total. The van der Waals surface area contributed by atoms with E-state index in [1.54, 1.807) is 12.1 Å². The molecule has 0 aliphatic carbocycles. The summed E-state index contributed by atoms with van der Waals surface area (Å²) in [5.74, 6) is -0.395. The quantitative estimate of drug-likeness (QED) is 0.908. The molecule has 2 rings (SSSR count). The first-order valence-corrected chi connectivity index (χ1v) is 6.43. The minimum Gasteiger partial charge on any atom is -0.364 e. The van der Waals surface area contributed by atoms with Crippen LogP contribution < -0.4 is 10.6 Å². The Morgan fingerprint density at radius 1 is 1.15 bits per heavy atom. The SMILES string of the molecule is N#Cc1ccc(N(CCN)Cc2ccccc2)c(F)c1. The van der Waals surface area contributed by atoms with Crippen LogP contribution in [0.3, 0.4) is 0 Å². The van der Waals surface area contributed by atoms with E-state index in [0.717, 1.165) is 5.56 Å². The van der Waals surface area contributed by atoms with Crippen molar-refractivity contribution in [3.8, 4) is 6.07 Å². The highest BCUT2D eigenvalue weighted by Crippen LogP contribution is 2.22. The van der Waals surface area contributed by atoms with Crippen LogP contribution in [-0.2, 0) is 6.54 Å². The molecule has 0 fully saturated rings. The Balaban J connectivity index is 2.27. The molecule has 20 heavy (non-hydrogen) atoms. The van der Waals surface area contributed by atoms with Crippen LogP contribution in [-0.4, -0.2) is 13.1 Å². The maximum atomic E-state index is 14.1. The summed E-state index contributed by atoms with van der Waals surface area (Å²) in [6.45, 7) is 1.57. The molecule has 0 atom stereocenters. The number of anilines is 1. The van der Waals surface area contributed by atoms with Crippen LogP contribution in [0.2, 0.25) is 0 Å². The number of nitrogens with zero attached hydrogens (tertiary/aromatic N) is 2. The number of nitrogens with two attached hydrogens (primary N) is 1. The highest BCUT2D eigenvalue weighted by molar-refractivity contribution is 5.51. The van der Waals surface area contributed by atoms with Gasteiger partial charge in [0.2, 0.25) is 0 Å². The first-order valence-electron chi connectivity index (χ1n) is 6.43. The van der Waals surface area contributed by atoms with Crippen LogP contribution in [0.15, 0.2) is 48.5 Å². The van der Waals surface area contributed by atoms with Gasteiger partial charge in [-0.05, 0) is 23.8 Å². The van der Waals surface area contributed by atoms with Crippen LogP contribution >= 0.6 is 0 Å².